The van der Waals surface area contributed by atoms with E-state index in [0.29, 0.717) is 32.4 Å². The molecule has 0 saturated carbocycles. The summed E-state index contributed by atoms with van der Waals surface area (Å²) >= 11 is 0. The molecule has 14 nitrogen and oxygen atoms in total. The molecule has 0 unspecified atom stereocenters. The lowest BCUT2D eigenvalue weighted by Crippen LogP contribution is -2.59. The molecule has 0 bridgehead atoms. The first-order valence-corrected chi connectivity index (χ1v) is 19.5. The number of hydrogen-bond acceptors (Lipinski definition) is 7. The maximum atomic E-state index is 14.6. The van der Waals surface area contributed by atoms with Crippen molar-refractivity contribution in [3.05, 3.63) is 107 Å². The summed E-state index contributed by atoms with van der Waals surface area (Å²) in [6.07, 6.45) is 2.37. The fourth-order valence-electron chi connectivity index (χ4n) is 7.21. The largest absolute Gasteiger partial charge is 0.368 e. The highest BCUT2D eigenvalue weighted by atomic mass is 16.2. The summed E-state index contributed by atoms with van der Waals surface area (Å²) in [5, 5.41) is 13.3. The topological polar surface area (TPSA) is 243 Å². The van der Waals surface area contributed by atoms with Gasteiger partial charge >= 0.3 is 0 Å². The zero-order chi connectivity index (χ0) is 40.9. The van der Waals surface area contributed by atoms with Gasteiger partial charge in [0.1, 0.15) is 24.2 Å². The van der Waals surface area contributed by atoms with Crippen LogP contribution in [0.1, 0.15) is 60.2 Å². The second-order valence-corrected chi connectivity index (χ2v) is 14.5. The number of nitrogens with one attached hydrogen (secondary N) is 6. The Balaban J connectivity index is 1.48. The number of aromatic nitrogens is 2. The van der Waals surface area contributed by atoms with Crippen molar-refractivity contribution in [2.24, 2.45) is 17.2 Å². The third-order valence-corrected chi connectivity index (χ3v) is 10.3. The standard InChI is InChI=1S/C43H55N9O5/c1-26-31(29-15-6-8-17-33(29)47-26)24-37(49-39(53)20-12-22-45)42(56)52-38(25-32-27(2)48-34-18-9-7-16-30(32)34)43(57)51-36(23-28-13-4-3-5-14-28)41(55)50-35(40(46)54)19-10-11-21-44/h3-9,13-18,35-38,47-48H,10-12,19-25,44-45H2,1-2H3,(H2,46,54)(H,49,53)(H,50,55)(H,51,57)(H,52,56)/t35-,36-,37+,38+/m0/s1. The fourth-order valence-corrected chi connectivity index (χ4v) is 7.21. The van der Waals surface area contributed by atoms with Crippen LogP contribution in [0, 0.1) is 13.8 Å². The Bertz CT molecular complexity index is 2160. The lowest BCUT2D eigenvalue weighted by atomic mass is 9.98. The highest BCUT2D eigenvalue weighted by Gasteiger charge is 2.33. The molecule has 12 N–H and O–H groups in total. The van der Waals surface area contributed by atoms with Gasteiger partial charge in [0.05, 0.1) is 0 Å². The Hall–Kier alpha value is -5.99. The first kappa shape index (κ1) is 42.2. The molecule has 0 spiro atoms. The molecular weight excluding hydrogens is 723 g/mol. The summed E-state index contributed by atoms with van der Waals surface area (Å²) in [5.41, 5.74) is 22.8. The summed E-state index contributed by atoms with van der Waals surface area (Å²) in [6, 6.07) is 20.2. The second kappa shape index (κ2) is 20.3. The zero-order valence-corrected chi connectivity index (χ0v) is 32.7. The number of rotatable bonds is 21. The summed E-state index contributed by atoms with van der Waals surface area (Å²) in [4.78, 5) is 75.3. The normalized spacial score (nSPS) is 13.4. The van der Waals surface area contributed by atoms with Gasteiger partial charge in [-0.15, -0.1) is 0 Å². The van der Waals surface area contributed by atoms with Crippen LogP contribution in [0.25, 0.3) is 21.8 Å². The van der Waals surface area contributed by atoms with E-state index in [1.54, 1.807) is 0 Å². The van der Waals surface area contributed by atoms with Crippen molar-refractivity contribution in [3.63, 3.8) is 0 Å². The van der Waals surface area contributed by atoms with E-state index in [0.717, 1.165) is 49.9 Å². The number of H-pyrrole nitrogens is 2. The number of benzene rings is 3. The molecule has 302 valence electrons. The highest BCUT2D eigenvalue weighted by molar-refractivity contribution is 5.97. The number of carbonyl (C=O) groups excluding carboxylic acids is 5. The van der Waals surface area contributed by atoms with Gasteiger partial charge in [-0.05, 0) is 81.4 Å². The molecule has 0 aliphatic carbocycles. The molecule has 0 aliphatic rings. The van der Waals surface area contributed by atoms with E-state index in [-0.39, 0.29) is 38.0 Å². The van der Waals surface area contributed by atoms with Gasteiger partial charge in [-0.2, -0.15) is 0 Å². The van der Waals surface area contributed by atoms with Gasteiger partial charge in [0, 0.05) is 58.9 Å². The number of nitrogens with two attached hydrogens (primary N) is 3. The Labute approximate surface area is 332 Å². The summed E-state index contributed by atoms with van der Waals surface area (Å²) in [5.74, 6) is -2.84. The highest BCUT2D eigenvalue weighted by Crippen LogP contribution is 2.25. The van der Waals surface area contributed by atoms with E-state index >= 15 is 0 Å². The lowest BCUT2D eigenvalue weighted by Gasteiger charge is -2.27. The molecule has 5 amide bonds. The van der Waals surface area contributed by atoms with Gasteiger partial charge in [-0.25, -0.2) is 0 Å². The van der Waals surface area contributed by atoms with Crippen LogP contribution in [-0.2, 0) is 43.2 Å². The van der Waals surface area contributed by atoms with Gasteiger partial charge in [-0.1, -0.05) is 66.7 Å². The van der Waals surface area contributed by atoms with E-state index in [1.165, 1.54) is 0 Å². The average Bonchev–Trinajstić information content (AvgIpc) is 3.69. The quantitative estimate of drug-likeness (QED) is 0.0504. The monoisotopic (exact) mass is 777 g/mol. The Morgan fingerprint density at radius 2 is 1.02 bits per heavy atom. The van der Waals surface area contributed by atoms with E-state index in [2.05, 4.69) is 31.2 Å². The number of aromatic amines is 2. The molecule has 3 aromatic carbocycles. The predicted octanol–water partition coefficient (Wildman–Crippen LogP) is 2.59. The average molecular weight is 778 g/mol. The van der Waals surface area contributed by atoms with E-state index in [1.807, 2.05) is 92.7 Å². The summed E-state index contributed by atoms with van der Waals surface area (Å²) in [7, 11) is 0. The van der Waals surface area contributed by atoms with Crippen molar-refractivity contribution in [3.8, 4) is 0 Å². The van der Waals surface area contributed by atoms with Crippen LogP contribution in [0.2, 0.25) is 0 Å². The molecule has 2 heterocycles. The van der Waals surface area contributed by atoms with Crippen LogP contribution in [0.3, 0.4) is 0 Å². The minimum Gasteiger partial charge on any atom is -0.368 e. The van der Waals surface area contributed by atoms with Gasteiger partial charge < -0.3 is 48.4 Å². The van der Waals surface area contributed by atoms with E-state index < -0.39 is 47.8 Å². The minimum absolute atomic E-state index is 0.0655. The maximum Gasteiger partial charge on any atom is 0.243 e. The number of hydrogen-bond donors (Lipinski definition) is 9. The smallest absolute Gasteiger partial charge is 0.243 e. The molecule has 14 heteroatoms. The molecule has 0 saturated heterocycles. The second-order valence-electron chi connectivity index (χ2n) is 14.5. The Morgan fingerprint density at radius 3 is 1.53 bits per heavy atom. The first-order valence-electron chi connectivity index (χ1n) is 19.5. The molecule has 57 heavy (non-hydrogen) atoms. The number of aryl methyl sites for hydroxylation is 2. The van der Waals surface area contributed by atoms with Crippen LogP contribution in [0.15, 0.2) is 78.9 Å². The van der Waals surface area contributed by atoms with Crippen LogP contribution in [-0.4, -0.2) is 76.8 Å². The lowest BCUT2D eigenvalue weighted by molar-refractivity contribution is -0.134. The van der Waals surface area contributed by atoms with Crippen LogP contribution >= 0.6 is 0 Å². The molecule has 5 rings (SSSR count). The molecule has 0 aliphatic heterocycles. The van der Waals surface area contributed by atoms with Crippen molar-refractivity contribution in [2.45, 2.75) is 89.4 Å². The third kappa shape index (κ3) is 11.3. The number of unbranched alkanes of at least 4 members (excludes halogenated alkanes) is 1. The van der Waals surface area contributed by atoms with Gasteiger partial charge in [0.15, 0.2) is 0 Å². The van der Waals surface area contributed by atoms with Crippen molar-refractivity contribution >= 4 is 51.3 Å². The molecule has 2 aromatic heterocycles. The predicted molar refractivity (Wildman–Crippen MR) is 222 cm³/mol. The molecular formula is C43H55N9O5. The Morgan fingerprint density at radius 1 is 0.561 bits per heavy atom. The molecule has 0 fully saturated rings. The van der Waals surface area contributed by atoms with Crippen molar-refractivity contribution in [1.29, 1.82) is 0 Å². The first-order chi connectivity index (χ1) is 27.5. The SMILES string of the molecule is Cc1[nH]c2ccccc2c1C[C@@H](NC(=O)CCCN)C(=O)N[C@H](Cc1c(C)[nH]c2ccccc12)C(=O)N[C@@H](Cc1ccccc1)C(=O)N[C@@H](CCCCN)C(N)=O. The van der Waals surface area contributed by atoms with Crippen LogP contribution < -0.4 is 38.5 Å². The van der Waals surface area contributed by atoms with E-state index in [9.17, 15) is 24.0 Å². The van der Waals surface area contributed by atoms with Gasteiger partial charge in [0.2, 0.25) is 29.5 Å². The van der Waals surface area contributed by atoms with Gasteiger partial charge in [-0.3, -0.25) is 24.0 Å². The molecule has 5 aromatic rings. The molecule has 0 radical (unpaired) electrons. The molecule has 4 atom stereocenters. The van der Waals surface area contributed by atoms with E-state index in [4.69, 9.17) is 17.2 Å². The number of fused-ring (bicyclic) bond motifs is 2. The summed E-state index contributed by atoms with van der Waals surface area (Å²) in [6.45, 7) is 4.54. The number of primary amides is 1. The summed E-state index contributed by atoms with van der Waals surface area (Å²) < 4.78 is 0. The minimum atomic E-state index is -1.19. The van der Waals surface area contributed by atoms with Crippen molar-refractivity contribution in [2.75, 3.05) is 13.1 Å². The van der Waals surface area contributed by atoms with Crippen molar-refractivity contribution in [1.82, 2.24) is 31.2 Å². The van der Waals surface area contributed by atoms with Crippen molar-refractivity contribution < 1.29 is 24.0 Å². The van der Waals surface area contributed by atoms with Gasteiger partial charge in [0.25, 0.3) is 0 Å². The number of para-hydroxylation sites is 2. The van der Waals surface area contributed by atoms with Crippen LogP contribution in [0.5, 0.6) is 0 Å². The number of amides is 5. The zero-order valence-electron chi connectivity index (χ0n) is 32.7. The Kier molecular flexibility index (Phi) is 15.0. The van der Waals surface area contributed by atoms with Crippen LogP contribution in [0.4, 0.5) is 0 Å². The maximum absolute atomic E-state index is 14.6. The third-order valence-electron chi connectivity index (χ3n) is 10.3. The fraction of sp³-hybridized carbons (Fsp3) is 0.372. The number of carbonyl (C=O) groups is 5.